The molecule has 0 aliphatic carbocycles. The summed E-state index contributed by atoms with van der Waals surface area (Å²) in [6, 6.07) is 7.59. The normalized spacial score (nSPS) is 13.6. The summed E-state index contributed by atoms with van der Waals surface area (Å²) < 4.78 is 0. The molecule has 180 valence electrons. The number of aromatic hydroxyl groups is 1. The van der Waals surface area contributed by atoms with Crippen molar-refractivity contribution in [1.29, 1.82) is 5.41 Å². The van der Waals surface area contributed by atoms with Crippen molar-refractivity contribution in [2.75, 3.05) is 25.0 Å². The minimum Gasteiger partial charge on any atom is -0.507 e. The molecule has 0 radical (unpaired) electrons. The Hall–Kier alpha value is -2.41. The smallest absolute Gasteiger partial charge is 0.182 e. The van der Waals surface area contributed by atoms with Gasteiger partial charge in [-0.15, -0.1) is 17.0 Å². The second kappa shape index (κ2) is 9.45. The first-order valence-electron chi connectivity index (χ1n) is 11.2. The summed E-state index contributed by atoms with van der Waals surface area (Å²) >= 11 is 0. The summed E-state index contributed by atoms with van der Waals surface area (Å²) in [7, 11) is 1.97. The number of halogens is 1. The third-order valence-corrected chi connectivity index (χ3v) is 6.11. The summed E-state index contributed by atoms with van der Waals surface area (Å²) in [6.07, 6.45) is 0. The Morgan fingerprint density at radius 3 is 2.15 bits per heavy atom. The Morgan fingerprint density at radius 2 is 1.67 bits per heavy atom. The molecule has 1 aromatic heterocycles. The van der Waals surface area contributed by atoms with Crippen molar-refractivity contribution in [2.24, 2.45) is 0 Å². The summed E-state index contributed by atoms with van der Waals surface area (Å²) in [4.78, 5) is 21.8. The maximum absolute atomic E-state index is 13.3. The molecule has 2 aromatic rings. The number of nitrogens with zero attached hydrogens (tertiary/aromatic N) is 3. The van der Waals surface area contributed by atoms with E-state index in [9.17, 15) is 9.90 Å². The van der Waals surface area contributed by atoms with Crippen molar-refractivity contribution < 1.29 is 9.90 Å². The molecule has 7 heteroatoms. The molecule has 0 fully saturated rings. The van der Waals surface area contributed by atoms with Crippen LogP contribution in [-0.2, 0) is 17.4 Å². The van der Waals surface area contributed by atoms with E-state index >= 15 is 0 Å². The number of phenolic OH excluding ortho intramolecular Hbond substituents is 1. The standard InChI is InChI=1S/C26H36N4O2.BrH/c1-9-29(8)21-11-10-16-14-30(24(27)22(16)28-21)15-20(31)17-12-18(25(2,3)4)23(32)19(13-17)26(5,6)7;/h10-13,27,32H,9,14-15H2,1-8H3;1H. The first-order valence-corrected chi connectivity index (χ1v) is 11.2. The third kappa shape index (κ3) is 5.40. The quantitative estimate of drug-likeness (QED) is 0.517. The monoisotopic (exact) mass is 516 g/mol. The molecule has 1 aliphatic heterocycles. The highest BCUT2D eigenvalue weighted by Crippen LogP contribution is 2.40. The molecule has 0 saturated heterocycles. The predicted molar refractivity (Wildman–Crippen MR) is 141 cm³/mol. The molecule has 2 N–H and O–H groups in total. The van der Waals surface area contributed by atoms with Gasteiger partial charge in [-0.25, -0.2) is 4.98 Å². The van der Waals surface area contributed by atoms with Gasteiger partial charge in [0.15, 0.2) is 5.78 Å². The number of ketones is 1. The lowest BCUT2D eigenvalue weighted by molar-refractivity contribution is 0.0962. The van der Waals surface area contributed by atoms with Gasteiger partial charge in [-0.2, -0.15) is 0 Å². The number of benzene rings is 1. The third-order valence-electron chi connectivity index (χ3n) is 6.11. The number of Topliss-reactive ketones (excluding diaryl/α,β-unsaturated/α-hetero) is 1. The van der Waals surface area contributed by atoms with Crippen LogP contribution >= 0.6 is 17.0 Å². The van der Waals surface area contributed by atoms with Gasteiger partial charge in [-0.1, -0.05) is 47.6 Å². The highest BCUT2D eigenvalue weighted by atomic mass is 79.9. The summed E-state index contributed by atoms with van der Waals surface area (Å²) in [5.74, 6) is 1.31. The van der Waals surface area contributed by atoms with Crippen LogP contribution in [0.15, 0.2) is 24.3 Å². The summed E-state index contributed by atoms with van der Waals surface area (Å²) in [5, 5.41) is 19.5. The van der Waals surface area contributed by atoms with E-state index in [-0.39, 0.29) is 51.7 Å². The molecule has 6 nitrogen and oxygen atoms in total. The molecule has 0 saturated carbocycles. The first-order chi connectivity index (χ1) is 14.7. The fourth-order valence-electron chi connectivity index (χ4n) is 3.96. The lowest BCUT2D eigenvalue weighted by Crippen LogP contribution is -2.31. The molecule has 0 amide bonds. The molecule has 0 spiro atoms. The first kappa shape index (κ1) is 26.8. The number of amidine groups is 1. The number of anilines is 1. The van der Waals surface area contributed by atoms with Gasteiger partial charge in [-0.3, -0.25) is 10.2 Å². The van der Waals surface area contributed by atoms with Gasteiger partial charge in [0.25, 0.3) is 0 Å². The van der Waals surface area contributed by atoms with E-state index in [0.717, 1.165) is 29.1 Å². The van der Waals surface area contributed by atoms with E-state index in [1.807, 2.05) is 77.8 Å². The van der Waals surface area contributed by atoms with Crippen LogP contribution in [0.4, 0.5) is 5.82 Å². The number of hydrogen-bond donors (Lipinski definition) is 2. The number of nitrogens with one attached hydrogen (secondary N) is 1. The van der Waals surface area contributed by atoms with Crippen LogP contribution in [0, 0.1) is 5.41 Å². The molecular weight excluding hydrogens is 480 g/mol. The minimum atomic E-state index is -0.303. The van der Waals surface area contributed by atoms with Crippen molar-refractivity contribution >= 4 is 34.4 Å². The lowest BCUT2D eigenvalue weighted by Gasteiger charge is -2.28. The van der Waals surface area contributed by atoms with E-state index in [2.05, 4.69) is 11.9 Å². The van der Waals surface area contributed by atoms with E-state index in [0.29, 0.717) is 17.8 Å². The number of fused-ring (bicyclic) bond motifs is 1. The summed E-state index contributed by atoms with van der Waals surface area (Å²) in [6.45, 7) is 15.7. The van der Waals surface area contributed by atoms with Crippen LogP contribution in [-0.4, -0.2) is 46.7 Å². The van der Waals surface area contributed by atoms with Gasteiger partial charge in [0.05, 0.1) is 6.54 Å². The van der Waals surface area contributed by atoms with E-state index in [1.54, 1.807) is 4.90 Å². The van der Waals surface area contributed by atoms with Gasteiger partial charge in [0, 0.05) is 42.4 Å². The number of pyridine rings is 1. The van der Waals surface area contributed by atoms with E-state index in [4.69, 9.17) is 5.41 Å². The number of rotatable bonds is 5. The topological polar surface area (TPSA) is 80.5 Å². The lowest BCUT2D eigenvalue weighted by atomic mass is 9.78. The average Bonchev–Trinajstić information content (AvgIpc) is 3.00. The van der Waals surface area contributed by atoms with Crippen molar-refractivity contribution in [3.8, 4) is 5.75 Å². The van der Waals surface area contributed by atoms with Crippen molar-refractivity contribution in [1.82, 2.24) is 9.88 Å². The van der Waals surface area contributed by atoms with Gasteiger partial charge in [0.1, 0.15) is 23.1 Å². The SMILES string of the molecule is Br.CCN(C)c1ccc2c(n1)C(=N)N(CC(=O)c1cc(C(C)(C)C)c(O)c(C(C)(C)C)c1)C2. The van der Waals surface area contributed by atoms with Crippen molar-refractivity contribution in [3.05, 3.63) is 52.2 Å². The maximum Gasteiger partial charge on any atom is 0.182 e. The highest BCUT2D eigenvalue weighted by molar-refractivity contribution is 8.93. The van der Waals surface area contributed by atoms with E-state index in [1.165, 1.54) is 0 Å². The molecule has 1 aromatic carbocycles. The Bertz CT molecular complexity index is 1030. The van der Waals surface area contributed by atoms with Crippen LogP contribution in [0.5, 0.6) is 5.75 Å². The average molecular weight is 518 g/mol. The zero-order chi connectivity index (χ0) is 24.0. The summed E-state index contributed by atoms with van der Waals surface area (Å²) in [5.41, 5.74) is 3.11. The van der Waals surface area contributed by atoms with Gasteiger partial charge >= 0.3 is 0 Å². The van der Waals surface area contributed by atoms with Crippen molar-refractivity contribution in [3.63, 3.8) is 0 Å². The van der Waals surface area contributed by atoms with Crippen LogP contribution in [0.3, 0.4) is 0 Å². The number of phenols is 1. The Kier molecular flexibility index (Phi) is 7.69. The zero-order valence-electron chi connectivity index (χ0n) is 21.0. The Morgan fingerprint density at radius 1 is 1.12 bits per heavy atom. The largest absolute Gasteiger partial charge is 0.507 e. The van der Waals surface area contributed by atoms with Gasteiger partial charge in [-0.05, 0) is 36.0 Å². The van der Waals surface area contributed by atoms with Crippen molar-refractivity contribution in [2.45, 2.75) is 65.8 Å². The number of hydrogen-bond acceptors (Lipinski definition) is 5. The Balaban J connectivity index is 0.00000385. The van der Waals surface area contributed by atoms with Gasteiger partial charge < -0.3 is 14.9 Å². The molecule has 0 atom stereocenters. The van der Waals surface area contributed by atoms with Crippen LogP contribution in [0.2, 0.25) is 0 Å². The van der Waals surface area contributed by atoms with Crippen LogP contribution in [0.25, 0.3) is 0 Å². The fourth-order valence-corrected chi connectivity index (χ4v) is 3.96. The molecule has 1 aliphatic rings. The molecule has 33 heavy (non-hydrogen) atoms. The molecule has 0 bridgehead atoms. The number of aromatic nitrogens is 1. The fraction of sp³-hybridized carbons (Fsp3) is 0.500. The van der Waals surface area contributed by atoms with E-state index < -0.39 is 0 Å². The van der Waals surface area contributed by atoms with Crippen LogP contribution in [0.1, 0.15) is 81.2 Å². The second-order valence-electron chi connectivity index (χ2n) is 10.7. The molecule has 3 rings (SSSR count). The second-order valence-corrected chi connectivity index (χ2v) is 10.7. The highest BCUT2D eigenvalue weighted by Gasteiger charge is 2.31. The molecule has 0 unspecified atom stereocenters. The maximum atomic E-state index is 13.3. The molecular formula is C26H37BrN4O2. The zero-order valence-corrected chi connectivity index (χ0v) is 22.7. The minimum absolute atomic E-state index is 0. The van der Waals surface area contributed by atoms with Gasteiger partial charge in [0.2, 0.25) is 0 Å². The number of carbonyl (C=O) groups excluding carboxylic acids is 1. The Labute approximate surface area is 208 Å². The molecule has 2 heterocycles. The number of carbonyl (C=O) groups is 1. The predicted octanol–water partition coefficient (Wildman–Crippen LogP) is 5.44. The van der Waals surface area contributed by atoms with Crippen LogP contribution < -0.4 is 4.90 Å².